The number of aliphatic hydroxyl groups is 1. The van der Waals surface area contributed by atoms with E-state index in [1.165, 1.54) is 12.5 Å². The second-order valence-corrected chi connectivity index (χ2v) is 3.36. The quantitative estimate of drug-likeness (QED) is 0.581. The summed E-state index contributed by atoms with van der Waals surface area (Å²) in [5, 5.41) is 11.3. The molecule has 0 spiro atoms. The van der Waals surface area contributed by atoms with Gasteiger partial charge in [-0.15, -0.1) is 0 Å². The Labute approximate surface area is 88.9 Å². The van der Waals surface area contributed by atoms with Crippen molar-refractivity contribution in [2.24, 2.45) is 0 Å². The standard InChI is InChI=1S/C10H17N3O2/c14-6-4-2-1-3-5-12-10(15)9-7-11-8-13-9/h7-8,14H,1-6H2,(H,11,13)(H,12,15). The van der Waals surface area contributed by atoms with Gasteiger partial charge in [0.25, 0.3) is 5.91 Å². The minimum absolute atomic E-state index is 0.116. The second kappa shape index (κ2) is 7.00. The number of aromatic nitrogens is 2. The average Bonchev–Trinajstić information content (AvgIpc) is 2.76. The number of nitrogens with one attached hydrogen (secondary N) is 2. The van der Waals surface area contributed by atoms with E-state index in [-0.39, 0.29) is 12.5 Å². The minimum Gasteiger partial charge on any atom is -0.396 e. The topological polar surface area (TPSA) is 78.0 Å². The first kappa shape index (κ1) is 11.7. The maximum Gasteiger partial charge on any atom is 0.269 e. The normalized spacial score (nSPS) is 10.2. The third-order valence-corrected chi connectivity index (χ3v) is 2.11. The molecule has 0 radical (unpaired) electrons. The molecule has 1 rings (SSSR count). The SMILES string of the molecule is O=C(NCCCCCCO)c1cnc[nH]1. The number of unbranched alkanes of at least 4 members (excludes halogenated alkanes) is 3. The number of H-pyrrole nitrogens is 1. The molecule has 5 heteroatoms. The Morgan fingerprint density at radius 3 is 2.87 bits per heavy atom. The summed E-state index contributed by atoms with van der Waals surface area (Å²) in [6.07, 6.45) is 6.81. The van der Waals surface area contributed by atoms with Gasteiger partial charge in [0.15, 0.2) is 0 Å². The molecule has 0 bridgehead atoms. The van der Waals surface area contributed by atoms with E-state index >= 15 is 0 Å². The van der Waals surface area contributed by atoms with Crippen molar-refractivity contribution in [2.45, 2.75) is 25.7 Å². The lowest BCUT2D eigenvalue weighted by molar-refractivity contribution is 0.0948. The largest absolute Gasteiger partial charge is 0.396 e. The third-order valence-electron chi connectivity index (χ3n) is 2.11. The van der Waals surface area contributed by atoms with Crippen molar-refractivity contribution in [1.29, 1.82) is 0 Å². The highest BCUT2D eigenvalue weighted by molar-refractivity contribution is 5.91. The molecule has 0 saturated carbocycles. The summed E-state index contributed by atoms with van der Waals surface area (Å²) in [4.78, 5) is 17.9. The van der Waals surface area contributed by atoms with Crippen molar-refractivity contribution in [3.63, 3.8) is 0 Å². The molecule has 3 N–H and O–H groups in total. The number of imidazole rings is 1. The van der Waals surface area contributed by atoms with Gasteiger partial charge in [-0.05, 0) is 12.8 Å². The zero-order chi connectivity index (χ0) is 10.9. The molecule has 0 aliphatic heterocycles. The van der Waals surface area contributed by atoms with Crippen molar-refractivity contribution < 1.29 is 9.90 Å². The molecule has 1 amide bonds. The van der Waals surface area contributed by atoms with E-state index in [1.54, 1.807) is 0 Å². The first-order valence-electron chi connectivity index (χ1n) is 5.22. The molecule has 0 aliphatic rings. The van der Waals surface area contributed by atoms with Gasteiger partial charge in [-0.1, -0.05) is 12.8 Å². The molecular formula is C10H17N3O2. The van der Waals surface area contributed by atoms with Gasteiger partial charge in [0.1, 0.15) is 5.69 Å². The van der Waals surface area contributed by atoms with Crippen LogP contribution in [0.2, 0.25) is 0 Å². The summed E-state index contributed by atoms with van der Waals surface area (Å²) in [5.41, 5.74) is 0.491. The van der Waals surface area contributed by atoms with E-state index in [2.05, 4.69) is 15.3 Å². The van der Waals surface area contributed by atoms with Crippen LogP contribution in [-0.4, -0.2) is 34.1 Å². The second-order valence-electron chi connectivity index (χ2n) is 3.36. The van der Waals surface area contributed by atoms with Gasteiger partial charge >= 0.3 is 0 Å². The van der Waals surface area contributed by atoms with E-state index in [0.717, 1.165) is 25.7 Å². The van der Waals surface area contributed by atoms with Gasteiger partial charge in [-0.25, -0.2) is 4.98 Å². The molecule has 0 saturated heterocycles. The van der Waals surface area contributed by atoms with Gasteiger partial charge in [-0.2, -0.15) is 0 Å². The molecular weight excluding hydrogens is 194 g/mol. The van der Waals surface area contributed by atoms with E-state index in [0.29, 0.717) is 12.2 Å². The Kier molecular flexibility index (Phi) is 5.47. The monoisotopic (exact) mass is 211 g/mol. The number of amides is 1. The summed E-state index contributed by atoms with van der Waals surface area (Å²) in [6, 6.07) is 0. The number of nitrogens with zero attached hydrogens (tertiary/aromatic N) is 1. The Balaban J connectivity index is 2.03. The van der Waals surface area contributed by atoms with Crippen LogP contribution in [0.1, 0.15) is 36.2 Å². The summed E-state index contributed by atoms with van der Waals surface area (Å²) >= 11 is 0. The van der Waals surface area contributed by atoms with Crippen LogP contribution in [0.25, 0.3) is 0 Å². The fourth-order valence-electron chi connectivity index (χ4n) is 1.27. The predicted octanol–water partition coefficient (Wildman–Crippen LogP) is 0.692. The van der Waals surface area contributed by atoms with Crippen LogP contribution < -0.4 is 5.32 Å². The highest BCUT2D eigenvalue weighted by Crippen LogP contribution is 1.98. The highest BCUT2D eigenvalue weighted by atomic mass is 16.2. The van der Waals surface area contributed by atoms with Crippen LogP contribution in [0.4, 0.5) is 0 Å². The molecule has 0 aliphatic carbocycles. The molecule has 15 heavy (non-hydrogen) atoms. The van der Waals surface area contributed by atoms with E-state index < -0.39 is 0 Å². The van der Waals surface area contributed by atoms with Crippen molar-refractivity contribution in [3.8, 4) is 0 Å². The van der Waals surface area contributed by atoms with Crippen LogP contribution in [0.3, 0.4) is 0 Å². The maximum atomic E-state index is 11.4. The first-order valence-corrected chi connectivity index (χ1v) is 5.22. The lowest BCUT2D eigenvalue weighted by Crippen LogP contribution is -2.24. The first-order chi connectivity index (χ1) is 7.34. The number of carbonyl (C=O) groups is 1. The molecule has 1 aromatic heterocycles. The Bertz CT molecular complexity index is 272. The Hall–Kier alpha value is -1.36. The van der Waals surface area contributed by atoms with Crippen molar-refractivity contribution in [2.75, 3.05) is 13.2 Å². The Morgan fingerprint density at radius 1 is 1.40 bits per heavy atom. The zero-order valence-corrected chi connectivity index (χ0v) is 8.70. The number of carbonyl (C=O) groups excluding carboxylic acids is 1. The smallest absolute Gasteiger partial charge is 0.269 e. The predicted molar refractivity (Wildman–Crippen MR) is 56.5 cm³/mol. The lowest BCUT2D eigenvalue weighted by Gasteiger charge is -2.02. The van der Waals surface area contributed by atoms with Crippen molar-refractivity contribution in [1.82, 2.24) is 15.3 Å². The summed E-state index contributed by atoms with van der Waals surface area (Å²) in [5.74, 6) is -0.116. The van der Waals surface area contributed by atoms with Crippen LogP contribution in [-0.2, 0) is 0 Å². The van der Waals surface area contributed by atoms with Crippen molar-refractivity contribution in [3.05, 3.63) is 18.2 Å². The van der Waals surface area contributed by atoms with Crippen LogP contribution >= 0.6 is 0 Å². The molecule has 1 heterocycles. The third kappa shape index (κ3) is 4.60. The van der Waals surface area contributed by atoms with Crippen LogP contribution in [0.5, 0.6) is 0 Å². The fraction of sp³-hybridized carbons (Fsp3) is 0.600. The van der Waals surface area contributed by atoms with Gasteiger partial charge in [0.05, 0.1) is 12.5 Å². The van der Waals surface area contributed by atoms with E-state index in [1.807, 2.05) is 0 Å². The number of aliphatic hydroxyl groups excluding tert-OH is 1. The highest BCUT2D eigenvalue weighted by Gasteiger charge is 2.04. The van der Waals surface area contributed by atoms with Gasteiger partial charge < -0.3 is 15.4 Å². The average molecular weight is 211 g/mol. The number of aromatic amines is 1. The number of hydrogen-bond acceptors (Lipinski definition) is 3. The van der Waals surface area contributed by atoms with Gasteiger partial charge in [0, 0.05) is 13.2 Å². The zero-order valence-electron chi connectivity index (χ0n) is 8.70. The molecule has 5 nitrogen and oxygen atoms in total. The lowest BCUT2D eigenvalue weighted by atomic mass is 10.2. The molecule has 0 aromatic carbocycles. The molecule has 1 aromatic rings. The van der Waals surface area contributed by atoms with Gasteiger partial charge in [0.2, 0.25) is 0 Å². The number of rotatable bonds is 7. The summed E-state index contributed by atoms with van der Waals surface area (Å²) in [6.45, 7) is 0.920. The fourth-order valence-corrected chi connectivity index (χ4v) is 1.27. The minimum atomic E-state index is -0.116. The number of hydrogen-bond donors (Lipinski definition) is 3. The summed E-state index contributed by atoms with van der Waals surface area (Å²) < 4.78 is 0. The maximum absolute atomic E-state index is 11.4. The van der Waals surface area contributed by atoms with Crippen molar-refractivity contribution >= 4 is 5.91 Å². The van der Waals surface area contributed by atoms with Crippen LogP contribution in [0, 0.1) is 0 Å². The molecule has 0 unspecified atom stereocenters. The molecule has 84 valence electrons. The van der Waals surface area contributed by atoms with Crippen LogP contribution in [0.15, 0.2) is 12.5 Å². The van der Waals surface area contributed by atoms with E-state index in [4.69, 9.17) is 5.11 Å². The van der Waals surface area contributed by atoms with E-state index in [9.17, 15) is 4.79 Å². The summed E-state index contributed by atoms with van der Waals surface area (Å²) in [7, 11) is 0. The van der Waals surface area contributed by atoms with Gasteiger partial charge in [-0.3, -0.25) is 4.79 Å². The Morgan fingerprint density at radius 2 is 2.20 bits per heavy atom. The molecule has 0 atom stereocenters. The molecule has 0 fully saturated rings.